The Morgan fingerprint density at radius 2 is 2.00 bits per heavy atom. The van der Waals surface area contributed by atoms with Crippen LogP contribution in [0.2, 0.25) is 0 Å². The summed E-state index contributed by atoms with van der Waals surface area (Å²) in [5.74, 6) is -1.30. The van der Waals surface area contributed by atoms with Crippen LogP contribution in [0.3, 0.4) is 0 Å². The highest BCUT2D eigenvalue weighted by molar-refractivity contribution is 5.98. The highest BCUT2D eigenvalue weighted by Crippen LogP contribution is 2.35. The molecular formula is C24H25F5N6O2. The zero-order chi connectivity index (χ0) is 26.7. The van der Waals surface area contributed by atoms with E-state index in [1.165, 1.54) is 12.3 Å². The van der Waals surface area contributed by atoms with Crippen LogP contribution in [0.25, 0.3) is 16.6 Å². The van der Waals surface area contributed by atoms with E-state index in [1.54, 1.807) is 4.90 Å². The van der Waals surface area contributed by atoms with Gasteiger partial charge in [0, 0.05) is 29.9 Å². The SMILES string of the molecule is C=C(F)C=N/C=C(\N/C=C/F)c1nn(CC(F)(F)F)c2cc(C(=O)N3C4CCCC3CC(O)C4)ncc12. The highest BCUT2D eigenvalue weighted by atomic mass is 19.4. The quantitative estimate of drug-likeness (QED) is 0.414. The largest absolute Gasteiger partial charge is 0.408 e. The molecule has 0 spiro atoms. The smallest absolute Gasteiger partial charge is 0.393 e. The molecule has 8 nitrogen and oxygen atoms in total. The first-order valence-electron chi connectivity index (χ1n) is 11.6. The lowest BCUT2D eigenvalue weighted by Gasteiger charge is -2.47. The van der Waals surface area contributed by atoms with E-state index < -0.39 is 30.6 Å². The monoisotopic (exact) mass is 524 g/mol. The predicted molar refractivity (Wildman–Crippen MR) is 127 cm³/mol. The second-order valence-electron chi connectivity index (χ2n) is 8.99. The Labute approximate surface area is 208 Å². The number of rotatable bonds is 7. The van der Waals surface area contributed by atoms with Gasteiger partial charge in [0.1, 0.15) is 30.1 Å². The molecule has 2 aromatic rings. The van der Waals surface area contributed by atoms with Gasteiger partial charge in [0.15, 0.2) is 0 Å². The summed E-state index contributed by atoms with van der Waals surface area (Å²) < 4.78 is 66.4. The molecule has 13 heteroatoms. The van der Waals surface area contributed by atoms with Crippen LogP contribution in [-0.4, -0.2) is 61.3 Å². The van der Waals surface area contributed by atoms with Crippen molar-refractivity contribution in [3.63, 3.8) is 0 Å². The number of hydrogen-bond acceptors (Lipinski definition) is 6. The molecular weight excluding hydrogens is 499 g/mol. The van der Waals surface area contributed by atoms with Crippen LogP contribution in [0.4, 0.5) is 22.0 Å². The first kappa shape index (κ1) is 26.5. The number of aromatic nitrogens is 3. The van der Waals surface area contributed by atoms with Crippen molar-refractivity contribution >= 4 is 28.7 Å². The van der Waals surface area contributed by atoms with Crippen LogP contribution in [-0.2, 0) is 6.54 Å². The number of fused-ring (bicyclic) bond motifs is 3. The van der Waals surface area contributed by atoms with Gasteiger partial charge in [-0.1, -0.05) is 6.58 Å². The number of piperidine rings is 2. The number of carbonyl (C=O) groups is 1. The zero-order valence-corrected chi connectivity index (χ0v) is 19.6. The lowest BCUT2D eigenvalue weighted by molar-refractivity contribution is -0.141. The molecule has 0 aliphatic carbocycles. The summed E-state index contributed by atoms with van der Waals surface area (Å²) in [5.41, 5.74) is -0.186. The number of nitrogens with one attached hydrogen (secondary N) is 1. The van der Waals surface area contributed by atoms with Gasteiger partial charge >= 0.3 is 6.18 Å². The third kappa shape index (κ3) is 6.04. The van der Waals surface area contributed by atoms with E-state index in [4.69, 9.17) is 0 Å². The van der Waals surface area contributed by atoms with Crippen molar-refractivity contribution in [2.75, 3.05) is 0 Å². The number of pyridine rings is 1. The van der Waals surface area contributed by atoms with Gasteiger partial charge in [-0.3, -0.25) is 19.5 Å². The molecule has 2 unspecified atom stereocenters. The molecule has 0 radical (unpaired) electrons. The van der Waals surface area contributed by atoms with E-state index in [0.717, 1.165) is 37.9 Å². The lowest BCUT2D eigenvalue weighted by atomic mass is 9.82. The normalized spacial score (nSPS) is 22.8. The molecule has 0 saturated carbocycles. The van der Waals surface area contributed by atoms with E-state index in [1.807, 2.05) is 0 Å². The van der Waals surface area contributed by atoms with Crippen molar-refractivity contribution in [3.05, 3.63) is 54.8 Å². The van der Waals surface area contributed by atoms with E-state index >= 15 is 0 Å². The van der Waals surface area contributed by atoms with Gasteiger partial charge in [0.2, 0.25) is 0 Å². The number of allylic oxidation sites excluding steroid dienone is 1. The Bertz CT molecular complexity index is 1250. The Kier molecular flexibility index (Phi) is 7.71. The zero-order valence-electron chi connectivity index (χ0n) is 19.6. The van der Waals surface area contributed by atoms with Crippen molar-refractivity contribution in [1.29, 1.82) is 0 Å². The van der Waals surface area contributed by atoms with Crippen LogP contribution >= 0.6 is 0 Å². The molecule has 0 aromatic carbocycles. The number of alkyl halides is 3. The number of aliphatic imine (C=N–C) groups is 1. The first-order valence-corrected chi connectivity index (χ1v) is 11.6. The molecule has 2 aliphatic rings. The first-order chi connectivity index (χ1) is 17.6. The molecule has 2 aliphatic heterocycles. The molecule has 2 N–H and O–H groups in total. The Morgan fingerprint density at radius 1 is 1.30 bits per heavy atom. The van der Waals surface area contributed by atoms with Crippen LogP contribution in [0.5, 0.6) is 0 Å². The maximum atomic E-state index is 13.4. The molecule has 1 amide bonds. The summed E-state index contributed by atoms with van der Waals surface area (Å²) in [6.07, 6.45) is 2.16. The summed E-state index contributed by atoms with van der Waals surface area (Å²) in [4.78, 5) is 23.0. The topological polar surface area (TPSA) is 95.6 Å². The third-order valence-electron chi connectivity index (χ3n) is 6.34. The molecule has 198 valence electrons. The minimum atomic E-state index is -4.63. The maximum absolute atomic E-state index is 13.4. The Morgan fingerprint density at radius 3 is 2.62 bits per heavy atom. The molecule has 4 heterocycles. The number of nitrogens with zero attached hydrogens (tertiary/aromatic N) is 5. The minimum Gasteiger partial charge on any atom is -0.393 e. The summed E-state index contributed by atoms with van der Waals surface area (Å²) in [6.45, 7) is 1.57. The van der Waals surface area contributed by atoms with Gasteiger partial charge in [-0.25, -0.2) is 8.78 Å². The standard InChI is InChI=1S/C24H25F5N6O2/c1-14(26)10-30-12-20(31-6-5-25)22-18-11-32-19(9-21(18)34(33-22)13-24(27,28)29)23(37)35-15-3-2-4-16(35)8-17(36)7-15/h5-6,9-12,15-17,31,36H,1-4,7-8,13H2/b6-5+,20-12-,30-10?. The molecule has 2 fully saturated rings. The van der Waals surface area contributed by atoms with Gasteiger partial charge < -0.3 is 15.3 Å². The third-order valence-corrected chi connectivity index (χ3v) is 6.34. The summed E-state index contributed by atoms with van der Waals surface area (Å²) in [6, 6.07) is 0.908. The lowest BCUT2D eigenvalue weighted by Crippen LogP contribution is -2.56. The molecule has 4 rings (SSSR count). The number of aliphatic hydroxyl groups is 1. The van der Waals surface area contributed by atoms with Gasteiger partial charge in [0.05, 0.1) is 29.7 Å². The van der Waals surface area contributed by atoms with Gasteiger partial charge in [0.25, 0.3) is 5.91 Å². The van der Waals surface area contributed by atoms with Crippen molar-refractivity contribution in [2.45, 2.75) is 63.0 Å². The summed E-state index contributed by atoms with van der Waals surface area (Å²) >= 11 is 0. The van der Waals surface area contributed by atoms with Crippen LogP contribution < -0.4 is 5.32 Å². The molecule has 2 saturated heterocycles. The van der Waals surface area contributed by atoms with Crippen molar-refractivity contribution in [1.82, 2.24) is 25.0 Å². The maximum Gasteiger partial charge on any atom is 0.408 e. The second kappa shape index (κ2) is 10.8. The number of amides is 1. The fourth-order valence-corrected chi connectivity index (χ4v) is 4.97. The number of hydrogen-bond donors (Lipinski definition) is 2. The highest BCUT2D eigenvalue weighted by Gasteiger charge is 2.41. The van der Waals surface area contributed by atoms with Crippen molar-refractivity contribution < 1.29 is 31.9 Å². The van der Waals surface area contributed by atoms with E-state index in [2.05, 4.69) is 27.0 Å². The summed E-state index contributed by atoms with van der Waals surface area (Å²) in [5, 5.41) is 16.8. The van der Waals surface area contributed by atoms with Gasteiger partial charge in [-0.2, -0.15) is 18.3 Å². The fraction of sp³-hybridized carbons (Fsp3) is 0.417. The van der Waals surface area contributed by atoms with Crippen LogP contribution in [0.1, 0.15) is 48.3 Å². The van der Waals surface area contributed by atoms with Crippen LogP contribution in [0, 0.1) is 0 Å². The fourth-order valence-electron chi connectivity index (χ4n) is 4.97. The van der Waals surface area contributed by atoms with E-state index in [-0.39, 0.29) is 46.4 Å². The Balaban J connectivity index is 1.78. The van der Waals surface area contributed by atoms with Crippen molar-refractivity contribution in [3.8, 4) is 0 Å². The van der Waals surface area contributed by atoms with Crippen LogP contribution in [0.15, 0.2) is 48.4 Å². The molecule has 2 bridgehead atoms. The number of carbonyl (C=O) groups excluding carboxylic acids is 1. The minimum absolute atomic E-state index is 0.0244. The molecule has 37 heavy (non-hydrogen) atoms. The second-order valence-corrected chi connectivity index (χ2v) is 8.99. The summed E-state index contributed by atoms with van der Waals surface area (Å²) in [7, 11) is 0. The molecule has 2 aromatic heterocycles. The number of aliphatic hydroxyl groups excluding tert-OH is 1. The van der Waals surface area contributed by atoms with Crippen molar-refractivity contribution in [2.24, 2.45) is 4.99 Å². The molecule has 2 atom stereocenters. The van der Waals surface area contributed by atoms with Gasteiger partial charge in [-0.05, 0) is 38.2 Å². The number of halogens is 5. The van der Waals surface area contributed by atoms with Gasteiger partial charge in [-0.15, -0.1) is 0 Å². The predicted octanol–water partition coefficient (Wildman–Crippen LogP) is 4.39. The average Bonchev–Trinajstić information content (AvgIpc) is 3.16. The average molecular weight is 524 g/mol. The van der Waals surface area contributed by atoms with E-state index in [0.29, 0.717) is 17.5 Å². The Hall–Kier alpha value is -3.61. The van der Waals surface area contributed by atoms with E-state index in [9.17, 15) is 31.9 Å².